The van der Waals surface area contributed by atoms with Crippen LogP contribution in [0.4, 0.5) is 17.6 Å². The largest absolute Gasteiger partial charge is 0.454 e. The topological polar surface area (TPSA) is 29.5 Å². The Morgan fingerprint density at radius 3 is 2.43 bits per heavy atom. The molecule has 1 N–H and O–H groups in total. The molecule has 0 aliphatic carbocycles. The van der Waals surface area contributed by atoms with Crippen molar-refractivity contribution >= 4 is 11.6 Å². The first-order valence-corrected chi connectivity index (χ1v) is 6.13. The third-order valence-corrected chi connectivity index (χ3v) is 2.96. The van der Waals surface area contributed by atoms with Crippen LogP contribution in [0.2, 0.25) is 5.02 Å². The minimum absolute atomic E-state index is 0.0706. The molecule has 0 amide bonds. The van der Waals surface area contributed by atoms with E-state index in [-0.39, 0.29) is 10.6 Å². The quantitative estimate of drug-likeness (QED) is 0.824. The lowest BCUT2D eigenvalue weighted by atomic mass is 10.1. The maximum atomic E-state index is 13.7. The summed E-state index contributed by atoms with van der Waals surface area (Å²) in [5.41, 5.74) is -1.03. The normalized spacial score (nSPS) is 11.5. The maximum Gasteiger partial charge on any atom is 0.419 e. The Labute approximate surface area is 122 Å². The van der Waals surface area contributed by atoms with Crippen LogP contribution in [0.3, 0.4) is 0 Å². The molecule has 2 aromatic carbocycles. The Bertz CT molecular complexity index is 656. The van der Waals surface area contributed by atoms with Gasteiger partial charge in [0.2, 0.25) is 0 Å². The molecule has 2 nitrogen and oxygen atoms in total. The Hall–Kier alpha value is -1.79. The predicted molar refractivity (Wildman–Crippen MR) is 68.9 cm³/mol. The van der Waals surface area contributed by atoms with Gasteiger partial charge >= 0.3 is 6.18 Å². The third kappa shape index (κ3) is 3.46. The number of hydrogen-bond acceptors (Lipinski definition) is 2. The second kappa shape index (κ2) is 5.91. The minimum Gasteiger partial charge on any atom is -0.454 e. The lowest BCUT2D eigenvalue weighted by Crippen LogP contribution is -2.08. The highest BCUT2D eigenvalue weighted by atomic mass is 35.5. The Morgan fingerprint density at radius 1 is 1.10 bits per heavy atom. The van der Waals surface area contributed by atoms with Gasteiger partial charge in [-0.25, -0.2) is 4.39 Å². The van der Waals surface area contributed by atoms with Crippen LogP contribution in [0.5, 0.6) is 11.5 Å². The number of hydrogen-bond donors (Lipinski definition) is 1. The lowest BCUT2D eigenvalue weighted by Gasteiger charge is -2.15. The summed E-state index contributed by atoms with van der Waals surface area (Å²) in [5.74, 6) is -1.93. The number of alkyl halides is 3. The van der Waals surface area contributed by atoms with Gasteiger partial charge in [-0.05, 0) is 29.8 Å². The third-order valence-electron chi connectivity index (χ3n) is 2.67. The number of halogens is 5. The highest BCUT2D eigenvalue weighted by Crippen LogP contribution is 2.39. The van der Waals surface area contributed by atoms with Crippen molar-refractivity contribution in [3.63, 3.8) is 0 Å². The van der Waals surface area contributed by atoms with E-state index in [9.17, 15) is 17.6 Å². The van der Waals surface area contributed by atoms with Crippen molar-refractivity contribution in [2.45, 2.75) is 12.8 Å². The van der Waals surface area contributed by atoms with Crippen molar-refractivity contribution in [1.82, 2.24) is 0 Å². The van der Waals surface area contributed by atoms with Gasteiger partial charge < -0.3 is 9.84 Å². The van der Waals surface area contributed by atoms with Crippen molar-refractivity contribution < 1.29 is 27.4 Å². The van der Waals surface area contributed by atoms with Crippen LogP contribution in [0.25, 0.3) is 0 Å². The van der Waals surface area contributed by atoms with E-state index < -0.39 is 35.7 Å². The summed E-state index contributed by atoms with van der Waals surface area (Å²) >= 11 is 5.55. The molecule has 0 saturated carbocycles. The molecule has 0 bridgehead atoms. The van der Waals surface area contributed by atoms with Gasteiger partial charge in [-0.15, -0.1) is 0 Å². The molecule has 0 aliphatic heterocycles. The van der Waals surface area contributed by atoms with Crippen LogP contribution >= 0.6 is 11.6 Å². The lowest BCUT2D eigenvalue weighted by molar-refractivity contribution is -0.138. The molecule has 0 saturated heterocycles. The zero-order valence-corrected chi connectivity index (χ0v) is 11.2. The minimum atomic E-state index is -4.70. The average molecular weight is 321 g/mol. The van der Waals surface area contributed by atoms with E-state index in [0.29, 0.717) is 0 Å². The molecule has 0 unspecified atom stereocenters. The Balaban J connectivity index is 2.46. The van der Waals surface area contributed by atoms with Crippen molar-refractivity contribution in [3.05, 3.63) is 58.4 Å². The van der Waals surface area contributed by atoms with Crippen molar-refractivity contribution in [1.29, 1.82) is 0 Å². The number of rotatable bonds is 3. The smallest absolute Gasteiger partial charge is 0.419 e. The molecule has 0 spiro atoms. The first-order chi connectivity index (χ1) is 9.82. The average Bonchev–Trinajstić information content (AvgIpc) is 2.43. The summed E-state index contributed by atoms with van der Waals surface area (Å²) in [6.45, 7) is -0.547. The van der Waals surface area contributed by atoms with Gasteiger partial charge in [-0.3, -0.25) is 0 Å². The van der Waals surface area contributed by atoms with Crippen molar-refractivity contribution in [2.75, 3.05) is 0 Å². The fraction of sp³-hybridized carbons (Fsp3) is 0.143. The molecule has 0 fully saturated rings. The van der Waals surface area contributed by atoms with Gasteiger partial charge in [0.15, 0.2) is 11.6 Å². The predicted octanol–water partition coefficient (Wildman–Crippen LogP) is 4.78. The second-order valence-corrected chi connectivity index (χ2v) is 4.55. The highest BCUT2D eigenvalue weighted by molar-refractivity contribution is 6.30. The first kappa shape index (κ1) is 15.6. The van der Waals surface area contributed by atoms with Crippen LogP contribution < -0.4 is 4.74 Å². The molecular weight excluding hydrogens is 312 g/mol. The monoisotopic (exact) mass is 320 g/mol. The molecule has 0 aliphatic rings. The molecule has 0 heterocycles. The van der Waals surface area contributed by atoms with Gasteiger partial charge in [0, 0.05) is 0 Å². The van der Waals surface area contributed by atoms with Gasteiger partial charge in [-0.1, -0.05) is 23.7 Å². The summed E-state index contributed by atoms with van der Waals surface area (Å²) < 4.78 is 57.6. The van der Waals surface area contributed by atoms with Crippen LogP contribution in [0, 0.1) is 5.82 Å². The molecule has 0 atom stereocenters. The fourth-order valence-electron chi connectivity index (χ4n) is 1.67. The van der Waals surface area contributed by atoms with Gasteiger partial charge in [-0.2, -0.15) is 13.2 Å². The van der Waals surface area contributed by atoms with E-state index >= 15 is 0 Å². The van der Waals surface area contributed by atoms with Gasteiger partial charge in [0.1, 0.15) is 5.75 Å². The van der Waals surface area contributed by atoms with Crippen LogP contribution in [-0.2, 0) is 12.8 Å². The Kier molecular flexibility index (Phi) is 4.39. The molecular formula is C14H9ClF4O2. The van der Waals surface area contributed by atoms with Crippen LogP contribution in [0.15, 0.2) is 36.4 Å². The van der Waals surface area contributed by atoms with E-state index in [0.717, 1.165) is 12.1 Å². The molecule has 112 valence electrons. The van der Waals surface area contributed by atoms with Crippen molar-refractivity contribution in [3.8, 4) is 11.5 Å². The molecule has 2 rings (SSSR count). The molecule has 0 aromatic heterocycles. The van der Waals surface area contributed by atoms with E-state index in [4.69, 9.17) is 21.4 Å². The summed E-state index contributed by atoms with van der Waals surface area (Å²) in [6, 6.07) is 6.81. The number of aliphatic hydroxyl groups excluding tert-OH is 1. The first-order valence-electron chi connectivity index (χ1n) is 5.75. The van der Waals surface area contributed by atoms with E-state index in [1.807, 2.05) is 0 Å². The highest BCUT2D eigenvalue weighted by Gasteiger charge is 2.35. The summed E-state index contributed by atoms with van der Waals surface area (Å²) in [4.78, 5) is 0. The number of benzene rings is 2. The molecule has 7 heteroatoms. The fourth-order valence-corrected chi connectivity index (χ4v) is 1.83. The molecule has 21 heavy (non-hydrogen) atoms. The molecule has 0 radical (unpaired) electrons. The second-order valence-electron chi connectivity index (χ2n) is 4.14. The number of aliphatic hydroxyl groups is 1. The van der Waals surface area contributed by atoms with Crippen LogP contribution in [0.1, 0.15) is 11.1 Å². The zero-order valence-electron chi connectivity index (χ0n) is 10.4. The number of ether oxygens (including phenoxy) is 1. The maximum absolute atomic E-state index is 13.7. The van der Waals surface area contributed by atoms with Gasteiger partial charge in [0.05, 0.1) is 17.2 Å². The Morgan fingerprint density at radius 2 is 1.81 bits per heavy atom. The SMILES string of the molecule is OCc1ccc(Oc2cccc(Cl)c2F)c(C(F)(F)F)c1. The molecule has 2 aromatic rings. The standard InChI is InChI=1S/C14H9ClF4O2/c15-10-2-1-3-12(13(10)16)21-11-5-4-8(7-20)6-9(11)14(17,18)19/h1-6,20H,7H2. The summed E-state index contributed by atoms with van der Waals surface area (Å²) in [5, 5.41) is 8.65. The zero-order chi connectivity index (χ0) is 15.6. The summed E-state index contributed by atoms with van der Waals surface area (Å²) in [7, 11) is 0. The van der Waals surface area contributed by atoms with Crippen LogP contribution in [-0.4, -0.2) is 5.11 Å². The van der Waals surface area contributed by atoms with Gasteiger partial charge in [0.25, 0.3) is 0 Å². The van der Waals surface area contributed by atoms with E-state index in [2.05, 4.69) is 0 Å². The van der Waals surface area contributed by atoms with Crippen molar-refractivity contribution in [2.24, 2.45) is 0 Å². The van der Waals surface area contributed by atoms with E-state index in [1.165, 1.54) is 24.3 Å². The van der Waals surface area contributed by atoms with E-state index in [1.54, 1.807) is 0 Å². The summed E-state index contributed by atoms with van der Waals surface area (Å²) in [6.07, 6.45) is -4.70.